The first-order valence-corrected chi connectivity index (χ1v) is 8.20. The van der Waals surface area contributed by atoms with Crippen molar-refractivity contribution in [3.8, 4) is 11.8 Å². The van der Waals surface area contributed by atoms with Crippen LogP contribution in [-0.4, -0.2) is 26.9 Å². The van der Waals surface area contributed by atoms with Crippen LogP contribution in [0, 0.1) is 18.8 Å². The largest absolute Gasteiger partial charge is 0.378 e. The van der Waals surface area contributed by atoms with Gasteiger partial charge in [0.25, 0.3) is 0 Å². The van der Waals surface area contributed by atoms with E-state index in [9.17, 15) is 5.11 Å². The Morgan fingerprint density at radius 3 is 3.04 bits per heavy atom. The second-order valence-corrected chi connectivity index (χ2v) is 6.60. The fraction of sp³-hybridized carbons (Fsp3) is 0.389. The molecule has 1 aromatic carbocycles. The summed E-state index contributed by atoms with van der Waals surface area (Å²) in [5, 5.41) is 21.9. The van der Waals surface area contributed by atoms with Gasteiger partial charge in [-0.3, -0.25) is 5.10 Å². The van der Waals surface area contributed by atoms with Crippen LogP contribution in [-0.2, 0) is 0 Å². The van der Waals surface area contributed by atoms with Crippen LogP contribution >= 0.6 is 11.6 Å². The lowest BCUT2D eigenvalue weighted by molar-refractivity contribution is 0.0561. The molecular weight excluding hydrogens is 310 g/mol. The average molecular weight is 330 g/mol. The molecule has 1 aliphatic carbocycles. The highest BCUT2D eigenvalue weighted by molar-refractivity contribution is 6.30. The number of aryl methyl sites for hydroxylation is 1. The second-order valence-electron chi connectivity index (χ2n) is 6.17. The van der Waals surface area contributed by atoms with Crippen molar-refractivity contribution in [1.29, 1.82) is 0 Å². The molecule has 0 saturated heterocycles. The van der Waals surface area contributed by atoms with Crippen LogP contribution in [0.4, 0.5) is 5.82 Å². The first-order valence-electron chi connectivity index (χ1n) is 7.82. The summed E-state index contributed by atoms with van der Waals surface area (Å²) in [5.74, 6) is 6.91. The number of rotatable bonds is 2. The van der Waals surface area contributed by atoms with Gasteiger partial charge in [-0.2, -0.15) is 5.10 Å². The monoisotopic (exact) mass is 329 g/mol. The van der Waals surface area contributed by atoms with E-state index in [1.54, 1.807) is 0 Å². The smallest absolute Gasteiger partial charge is 0.148 e. The van der Waals surface area contributed by atoms with Crippen LogP contribution in [0.15, 0.2) is 30.3 Å². The molecule has 0 radical (unpaired) electrons. The molecule has 1 saturated carbocycles. The zero-order valence-electron chi connectivity index (χ0n) is 13.1. The van der Waals surface area contributed by atoms with Gasteiger partial charge in [-0.05, 0) is 44.4 Å². The molecule has 1 aliphatic rings. The number of hydrogen-bond acceptors (Lipinski definition) is 3. The standard InChI is InChI=1S/C18H20ClN3O/c1-13-10-17(22-21-13)20-16-6-3-8-18(23,12-16)9-7-14-4-2-5-15(19)11-14/h2,4-5,10-11,16,23H,3,6,8,12H2,1H3,(H2,20,21,22)/t16-,18+/m1/s1. The maximum absolute atomic E-state index is 10.8. The van der Waals surface area contributed by atoms with E-state index >= 15 is 0 Å². The molecule has 3 N–H and O–H groups in total. The Bertz CT molecular complexity index is 746. The molecule has 120 valence electrons. The molecule has 2 atom stereocenters. The Hall–Kier alpha value is -1.96. The minimum atomic E-state index is -0.969. The van der Waals surface area contributed by atoms with E-state index in [1.807, 2.05) is 37.3 Å². The van der Waals surface area contributed by atoms with Crippen molar-refractivity contribution in [2.75, 3.05) is 5.32 Å². The van der Waals surface area contributed by atoms with Crippen LogP contribution < -0.4 is 5.32 Å². The second kappa shape index (κ2) is 6.66. The van der Waals surface area contributed by atoms with Gasteiger partial charge >= 0.3 is 0 Å². The van der Waals surface area contributed by atoms with Crippen molar-refractivity contribution >= 4 is 17.4 Å². The lowest BCUT2D eigenvalue weighted by Crippen LogP contribution is -2.39. The number of nitrogens with zero attached hydrogens (tertiary/aromatic N) is 1. The zero-order valence-corrected chi connectivity index (χ0v) is 13.8. The van der Waals surface area contributed by atoms with Gasteiger partial charge in [0.1, 0.15) is 11.4 Å². The molecule has 3 rings (SSSR count). The maximum Gasteiger partial charge on any atom is 0.148 e. The molecule has 23 heavy (non-hydrogen) atoms. The quantitative estimate of drug-likeness (QED) is 0.739. The predicted molar refractivity (Wildman–Crippen MR) is 92.5 cm³/mol. The van der Waals surface area contributed by atoms with Gasteiger partial charge in [-0.1, -0.05) is 29.5 Å². The Kier molecular flexibility index (Phi) is 4.61. The Balaban J connectivity index is 1.69. The van der Waals surface area contributed by atoms with E-state index < -0.39 is 5.60 Å². The molecule has 2 aromatic rings. The molecule has 0 spiro atoms. The topological polar surface area (TPSA) is 60.9 Å². The third kappa shape index (κ3) is 4.28. The van der Waals surface area contributed by atoms with E-state index in [1.165, 1.54) is 0 Å². The molecule has 5 heteroatoms. The highest BCUT2D eigenvalue weighted by Crippen LogP contribution is 2.29. The van der Waals surface area contributed by atoms with Crippen LogP contribution in [0.25, 0.3) is 0 Å². The third-order valence-corrected chi connectivity index (χ3v) is 4.28. The lowest BCUT2D eigenvalue weighted by atomic mass is 9.82. The highest BCUT2D eigenvalue weighted by atomic mass is 35.5. The van der Waals surface area contributed by atoms with Gasteiger partial charge in [-0.25, -0.2) is 0 Å². The Labute approximate surface area is 141 Å². The van der Waals surface area contributed by atoms with E-state index in [-0.39, 0.29) is 6.04 Å². The molecule has 1 heterocycles. The first-order chi connectivity index (χ1) is 11.0. The van der Waals surface area contributed by atoms with Crippen LogP contribution in [0.1, 0.15) is 36.9 Å². The number of anilines is 1. The summed E-state index contributed by atoms with van der Waals surface area (Å²) in [6.07, 6.45) is 3.22. The number of benzene rings is 1. The fourth-order valence-corrected chi connectivity index (χ4v) is 3.14. The molecule has 4 nitrogen and oxygen atoms in total. The molecule has 0 aliphatic heterocycles. The van der Waals surface area contributed by atoms with Gasteiger partial charge in [0.2, 0.25) is 0 Å². The Morgan fingerprint density at radius 1 is 1.43 bits per heavy atom. The maximum atomic E-state index is 10.8. The van der Waals surface area contributed by atoms with Crippen LogP contribution in [0.3, 0.4) is 0 Å². The third-order valence-electron chi connectivity index (χ3n) is 4.05. The number of hydrogen-bond donors (Lipinski definition) is 3. The van der Waals surface area contributed by atoms with Crippen molar-refractivity contribution in [3.63, 3.8) is 0 Å². The summed E-state index contributed by atoms with van der Waals surface area (Å²) in [5.41, 5.74) is 0.868. The molecule has 0 unspecified atom stereocenters. The number of aromatic nitrogens is 2. The molecular formula is C18H20ClN3O. The van der Waals surface area contributed by atoms with Crippen molar-refractivity contribution in [2.24, 2.45) is 0 Å². The van der Waals surface area contributed by atoms with E-state index in [0.717, 1.165) is 29.9 Å². The molecule has 0 bridgehead atoms. The minimum Gasteiger partial charge on any atom is -0.378 e. The van der Waals surface area contributed by atoms with Crippen molar-refractivity contribution < 1.29 is 5.11 Å². The van der Waals surface area contributed by atoms with E-state index in [2.05, 4.69) is 27.4 Å². The number of aromatic amines is 1. The first kappa shape index (κ1) is 15.9. The SMILES string of the molecule is Cc1cc(N[C@@H]2CCC[C@](O)(C#Cc3cccc(Cl)c3)C2)n[nH]1. The highest BCUT2D eigenvalue weighted by Gasteiger charge is 2.33. The predicted octanol–water partition coefficient (Wildman–Crippen LogP) is 3.51. The summed E-state index contributed by atoms with van der Waals surface area (Å²) >= 11 is 5.97. The Morgan fingerprint density at radius 2 is 2.30 bits per heavy atom. The minimum absolute atomic E-state index is 0.171. The number of halogens is 1. The number of aliphatic hydroxyl groups is 1. The summed E-state index contributed by atoms with van der Waals surface area (Å²) in [4.78, 5) is 0. The lowest BCUT2D eigenvalue weighted by Gasteiger charge is -2.33. The molecule has 0 amide bonds. The number of H-pyrrole nitrogens is 1. The molecule has 1 aromatic heterocycles. The summed E-state index contributed by atoms with van der Waals surface area (Å²) in [6, 6.07) is 9.52. The van der Waals surface area contributed by atoms with Crippen molar-refractivity contribution in [2.45, 2.75) is 44.2 Å². The van der Waals surface area contributed by atoms with E-state index in [4.69, 9.17) is 11.6 Å². The fourth-order valence-electron chi connectivity index (χ4n) is 2.95. The zero-order chi connectivity index (χ0) is 16.3. The summed E-state index contributed by atoms with van der Waals surface area (Å²) in [7, 11) is 0. The van der Waals surface area contributed by atoms with Crippen molar-refractivity contribution in [1.82, 2.24) is 10.2 Å². The normalized spacial score (nSPS) is 23.9. The summed E-state index contributed by atoms with van der Waals surface area (Å²) < 4.78 is 0. The van der Waals surface area contributed by atoms with Gasteiger partial charge in [-0.15, -0.1) is 0 Å². The van der Waals surface area contributed by atoms with Gasteiger partial charge < -0.3 is 10.4 Å². The number of nitrogens with one attached hydrogen (secondary N) is 2. The van der Waals surface area contributed by atoms with Gasteiger partial charge in [0.05, 0.1) is 0 Å². The van der Waals surface area contributed by atoms with E-state index in [0.29, 0.717) is 17.9 Å². The van der Waals surface area contributed by atoms with Crippen molar-refractivity contribution in [3.05, 3.63) is 46.6 Å². The molecule has 1 fully saturated rings. The summed E-state index contributed by atoms with van der Waals surface area (Å²) in [6.45, 7) is 1.96. The van der Waals surface area contributed by atoms with Crippen LogP contribution in [0.2, 0.25) is 5.02 Å². The van der Waals surface area contributed by atoms with Gasteiger partial charge in [0, 0.05) is 34.8 Å². The van der Waals surface area contributed by atoms with Crippen LogP contribution in [0.5, 0.6) is 0 Å². The van der Waals surface area contributed by atoms with Gasteiger partial charge in [0.15, 0.2) is 0 Å². The average Bonchev–Trinajstić information content (AvgIpc) is 2.91.